The number of carbonyl (C=O) groups is 1. The van der Waals surface area contributed by atoms with Crippen LogP contribution < -0.4 is 9.47 Å². The highest BCUT2D eigenvalue weighted by atomic mass is 16.5. The van der Waals surface area contributed by atoms with E-state index in [2.05, 4.69) is 11.9 Å². The van der Waals surface area contributed by atoms with Gasteiger partial charge in [0.05, 0.1) is 25.3 Å². The molecule has 1 fully saturated rings. The quantitative estimate of drug-likeness (QED) is 0.904. The molecule has 1 aliphatic carbocycles. The number of hydrogen-bond donors (Lipinski definition) is 1. The van der Waals surface area contributed by atoms with E-state index in [1.807, 2.05) is 0 Å². The molecule has 1 aromatic heterocycles. The van der Waals surface area contributed by atoms with Crippen molar-refractivity contribution in [3.63, 3.8) is 0 Å². The van der Waals surface area contributed by atoms with Crippen molar-refractivity contribution in [2.24, 2.45) is 11.3 Å². The molecule has 0 aromatic carbocycles. The van der Waals surface area contributed by atoms with Crippen molar-refractivity contribution in [3.05, 3.63) is 18.0 Å². The summed E-state index contributed by atoms with van der Waals surface area (Å²) in [4.78, 5) is 16.2. The fourth-order valence-corrected chi connectivity index (χ4v) is 3.39. The number of carboxylic acid groups (broad SMARTS) is 1. The van der Waals surface area contributed by atoms with Gasteiger partial charge in [0.1, 0.15) is 0 Å². The number of hydrogen-bond acceptors (Lipinski definition) is 4. The molecule has 116 valence electrons. The maximum Gasteiger partial charge on any atom is 0.310 e. The van der Waals surface area contributed by atoms with Crippen molar-refractivity contribution in [1.29, 1.82) is 0 Å². The summed E-state index contributed by atoms with van der Waals surface area (Å²) in [7, 11) is 3.12. The second kappa shape index (κ2) is 6.33. The van der Waals surface area contributed by atoms with Crippen molar-refractivity contribution < 1.29 is 19.4 Å². The van der Waals surface area contributed by atoms with Crippen LogP contribution in [0, 0.1) is 11.3 Å². The van der Waals surface area contributed by atoms with Crippen molar-refractivity contribution in [2.45, 2.75) is 39.0 Å². The molecule has 0 aliphatic heterocycles. The van der Waals surface area contributed by atoms with E-state index in [4.69, 9.17) is 9.47 Å². The standard InChI is InChI=1S/C16H23NO4/c1-11-5-4-7-16(9-11,15(18)19)10-12-14(21-3)13(20-2)6-8-17-12/h6,8,11H,4-5,7,9-10H2,1-3H3,(H,18,19). The molecule has 1 heterocycles. The molecule has 1 saturated carbocycles. The van der Waals surface area contributed by atoms with Crippen LogP contribution >= 0.6 is 0 Å². The average Bonchev–Trinajstić information content (AvgIpc) is 2.46. The highest BCUT2D eigenvalue weighted by Gasteiger charge is 2.43. The lowest BCUT2D eigenvalue weighted by Crippen LogP contribution is -2.38. The fraction of sp³-hybridized carbons (Fsp3) is 0.625. The first kappa shape index (κ1) is 15.6. The first-order chi connectivity index (χ1) is 10.0. The first-order valence-electron chi connectivity index (χ1n) is 7.31. The maximum absolute atomic E-state index is 11.9. The smallest absolute Gasteiger partial charge is 0.310 e. The Morgan fingerprint density at radius 2 is 2.24 bits per heavy atom. The molecule has 1 aliphatic rings. The molecule has 0 saturated heterocycles. The van der Waals surface area contributed by atoms with Crippen LogP contribution in [0.1, 0.15) is 38.3 Å². The highest BCUT2D eigenvalue weighted by molar-refractivity contribution is 5.75. The van der Waals surface area contributed by atoms with E-state index in [0.29, 0.717) is 42.4 Å². The minimum atomic E-state index is -0.746. The number of ether oxygens (including phenoxy) is 2. The van der Waals surface area contributed by atoms with E-state index >= 15 is 0 Å². The zero-order chi connectivity index (χ0) is 15.5. The maximum atomic E-state index is 11.9. The van der Waals surface area contributed by atoms with E-state index in [1.165, 1.54) is 0 Å². The summed E-state index contributed by atoms with van der Waals surface area (Å²) in [6.45, 7) is 2.12. The molecule has 1 aromatic rings. The van der Waals surface area contributed by atoms with E-state index in [1.54, 1.807) is 26.5 Å². The topological polar surface area (TPSA) is 68.7 Å². The lowest BCUT2D eigenvalue weighted by Gasteiger charge is -2.36. The SMILES string of the molecule is COc1ccnc(CC2(C(=O)O)CCCC(C)C2)c1OC. The Hall–Kier alpha value is -1.78. The second-order valence-electron chi connectivity index (χ2n) is 5.96. The minimum absolute atomic E-state index is 0.382. The molecule has 2 atom stereocenters. The number of nitrogens with zero attached hydrogens (tertiary/aromatic N) is 1. The van der Waals surface area contributed by atoms with Crippen LogP contribution in [-0.4, -0.2) is 30.3 Å². The van der Waals surface area contributed by atoms with Gasteiger partial charge in [-0.2, -0.15) is 0 Å². The zero-order valence-electron chi connectivity index (χ0n) is 12.9. The van der Waals surface area contributed by atoms with E-state index in [0.717, 1.165) is 12.8 Å². The van der Waals surface area contributed by atoms with Crippen molar-refractivity contribution >= 4 is 5.97 Å². The normalized spacial score (nSPS) is 25.4. The Labute approximate surface area is 125 Å². The van der Waals surface area contributed by atoms with Crippen LogP contribution in [0.15, 0.2) is 12.3 Å². The molecule has 5 nitrogen and oxygen atoms in total. The van der Waals surface area contributed by atoms with Gasteiger partial charge < -0.3 is 14.6 Å². The summed E-state index contributed by atoms with van der Waals surface area (Å²) in [5.41, 5.74) is -0.0852. The molecule has 0 spiro atoms. The summed E-state index contributed by atoms with van der Waals surface area (Å²) in [6, 6.07) is 1.72. The van der Waals surface area contributed by atoms with Gasteiger partial charge >= 0.3 is 5.97 Å². The monoisotopic (exact) mass is 293 g/mol. The Morgan fingerprint density at radius 1 is 1.48 bits per heavy atom. The van der Waals surface area contributed by atoms with Crippen molar-refractivity contribution in [1.82, 2.24) is 4.98 Å². The number of carboxylic acids is 1. The lowest BCUT2D eigenvalue weighted by atomic mass is 9.67. The van der Waals surface area contributed by atoms with Gasteiger partial charge in [-0.25, -0.2) is 0 Å². The van der Waals surface area contributed by atoms with E-state index in [-0.39, 0.29) is 0 Å². The summed E-state index contributed by atoms with van der Waals surface area (Å²) in [6.07, 6.45) is 5.43. The van der Waals surface area contributed by atoms with Gasteiger partial charge in [-0.1, -0.05) is 19.8 Å². The molecule has 21 heavy (non-hydrogen) atoms. The summed E-state index contributed by atoms with van der Waals surface area (Å²) in [5, 5.41) is 9.76. The third-order valence-corrected chi connectivity index (χ3v) is 4.42. The Kier molecular flexibility index (Phi) is 4.70. The number of aromatic nitrogens is 1. The predicted octanol–water partition coefficient (Wildman–Crippen LogP) is 2.92. The third kappa shape index (κ3) is 3.12. The number of methoxy groups -OCH3 is 2. The number of pyridine rings is 1. The summed E-state index contributed by atoms with van der Waals surface area (Å²) in [5.74, 6) is 0.818. The second-order valence-corrected chi connectivity index (χ2v) is 5.96. The summed E-state index contributed by atoms with van der Waals surface area (Å²) < 4.78 is 10.6. The predicted molar refractivity (Wildman–Crippen MR) is 78.7 cm³/mol. The van der Waals surface area contributed by atoms with Crippen LogP contribution in [0.5, 0.6) is 11.5 Å². The molecule has 0 amide bonds. The molecule has 2 rings (SSSR count). The lowest BCUT2D eigenvalue weighted by molar-refractivity contribution is -0.152. The Balaban J connectivity index is 2.36. The van der Waals surface area contributed by atoms with Gasteiger partial charge in [-0.05, 0) is 18.8 Å². The molecule has 5 heteroatoms. The van der Waals surface area contributed by atoms with Crippen molar-refractivity contribution in [2.75, 3.05) is 14.2 Å². The minimum Gasteiger partial charge on any atom is -0.493 e. The van der Waals surface area contributed by atoms with Gasteiger partial charge in [-0.3, -0.25) is 9.78 Å². The molecular weight excluding hydrogens is 270 g/mol. The molecule has 0 bridgehead atoms. The Bertz CT molecular complexity index is 517. The average molecular weight is 293 g/mol. The van der Waals surface area contributed by atoms with Crippen LogP contribution in [0.4, 0.5) is 0 Å². The van der Waals surface area contributed by atoms with Crippen LogP contribution in [0.3, 0.4) is 0 Å². The van der Waals surface area contributed by atoms with Crippen molar-refractivity contribution in [3.8, 4) is 11.5 Å². The van der Waals surface area contributed by atoms with E-state index < -0.39 is 11.4 Å². The molecule has 2 unspecified atom stereocenters. The molecule has 1 N–H and O–H groups in total. The fourth-order valence-electron chi connectivity index (χ4n) is 3.39. The largest absolute Gasteiger partial charge is 0.493 e. The number of aliphatic carboxylic acids is 1. The van der Waals surface area contributed by atoms with Gasteiger partial charge in [0, 0.05) is 18.7 Å². The van der Waals surface area contributed by atoms with Crippen LogP contribution in [0.2, 0.25) is 0 Å². The highest BCUT2D eigenvalue weighted by Crippen LogP contribution is 2.44. The zero-order valence-corrected chi connectivity index (χ0v) is 12.9. The van der Waals surface area contributed by atoms with Gasteiger partial charge in [-0.15, -0.1) is 0 Å². The first-order valence-corrected chi connectivity index (χ1v) is 7.31. The van der Waals surface area contributed by atoms with Crippen LogP contribution in [0.25, 0.3) is 0 Å². The van der Waals surface area contributed by atoms with Crippen LogP contribution in [-0.2, 0) is 11.2 Å². The van der Waals surface area contributed by atoms with Gasteiger partial charge in [0.25, 0.3) is 0 Å². The van der Waals surface area contributed by atoms with Gasteiger partial charge in [0.2, 0.25) is 0 Å². The third-order valence-electron chi connectivity index (χ3n) is 4.42. The Morgan fingerprint density at radius 3 is 2.81 bits per heavy atom. The van der Waals surface area contributed by atoms with Gasteiger partial charge in [0.15, 0.2) is 11.5 Å². The molecule has 0 radical (unpaired) electrons. The summed E-state index contributed by atoms with van der Waals surface area (Å²) >= 11 is 0. The number of rotatable bonds is 5. The van der Waals surface area contributed by atoms with E-state index in [9.17, 15) is 9.90 Å². The molecular formula is C16H23NO4.